The van der Waals surface area contributed by atoms with E-state index in [0.29, 0.717) is 0 Å². The molecule has 0 amide bonds. The zero-order valence-electron chi connectivity index (χ0n) is 7.96. The molecule has 78 valence electrons. The molecule has 2 nitrogen and oxygen atoms in total. The van der Waals surface area contributed by atoms with Gasteiger partial charge in [-0.1, -0.05) is 0 Å². The molecule has 0 spiro atoms. The van der Waals surface area contributed by atoms with E-state index < -0.39 is 0 Å². The van der Waals surface area contributed by atoms with Crippen LogP contribution in [0.2, 0.25) is 0 Å². The lowest BCUT2D eigenvalue weighted by Gasteiger charge is -2.07. The zero-order valence-corrected chi connectivity index (χ0v) is 10.4. The van der Waals surface area contributed by atoms with Crippen molar-refractivity contribution in [1.82, 2.24) is 5.32 Å². The maximum Gasteiger partial charge on any atom is 0.0809 e. The first-order chi connectivity index (χ1) is 6.84. The molecule has 1 N–H and O–H groups in total. The first kappa shape index (κ1) is 10.6. The number of halogens is 1. The lowest BCUT2D eigenvalue weighted by atomic mass is 10.1. The van der Waals surface area contributed by atoms with Crippen LogP contribution >= 0.6 is 27.3 Å². The average Bonchev–Trinajstić information content (AvgIpc) is 2.77. The second kappa shape index (κ2) is 5.26. The van der Waals surface area contributed by atoms with E-state index in [0.717, 1.165) is 36.7 Å². The molecular weight excluding hydrogens is 262 g/mol. The van der Waals surface area contributed by atoms with Gasteiger partial charge in [-0.2, -0.15) is 0 Å². The number of thiophene rings is 1. The van der Waals surface area contributed by atoms with Crippen molar-refractivity contribution in [2.75, 3.05) is 19.7 Å². The summed E-state index contributed by atoms with van der Waals surface area (Å²) in [4.78, 5) is 1.29. The maximum atomic E-state index is 5.67. The third-order valence-corrected chi connectivity index (χ3v) is 4.05. The molecule has 4 heteroatoms. The van der Waals surface area contributed by atoms with Crippen molar-refractivity contribution in [2.45, 2.75) is 13.0 Å². The number of rotatable bonds is 4. The molecule has 0 aromatic carbocycles. The van der Waals surface area contributed by atoms with Gasteiger partial charge in [-0.15, -0.1) is 11.3 Å². The first-order valence-electron chi connectivity index (χ1n) is 4.86. The summed E-state index contributed by atoms with van der Waals surface area (Å²) < 4.78 is 6.82. The Morgan fingerprint density at radius 3 is 3.21 bits per heavy atom. The van der Waals surface area contributed by atoms with E-state index in [1.807, 2.05) is 0 Å². The van der Waals surface area contributed by atoms with Gasteiger partial charge >= 0.3 is 0 Å². The van der Waals surface area contributed by atoms with E-state index in [1.54, 1.807) is 11.3 Å². The smallest absolute Gasteiger partial charge is 0.0809 e. The molecule has 0 aliphatic carbocycles. The monoisotopic (exact) mass is 275 g/mol. The highest BCUT2D eigenvalue weighted by Gasteiger charge is 2.14. The van der Waals surface area contributed by atoms with E-state index in [2.05, 4.69) is 32.7 Å². The second-order valence-electron chi connectivity index (χ2n) is 3.61. The standard InChI is InChI=1S/C10H14BrNOS/c11-9-3-10(14-7-9)6-13-5-8-1-2-12-4-8/h3,7-8,12H,1-2,4-6H2. The van der Waals surface area contributed by atoms with Crippen molar-refractivity contribution >= 4 is 27.3 Å². The van der Waals surface area contributed by atoms with E-state index in [1.165, 1.54) is 11.3 Å². The number of hydrogen-bond donors (Lipinski definition) is 1. The topological polar surface area (TPSA) is 21.3 Å². The van der Waals surface area contributed by atoms with Crippen LogP contribution in [0, 0.1) is 5.92 Å². The van der Waals surface area contributed by atoms with Crippen molar-refractivity contribution in [3.8, 4) is 0 Å². The van der Waals surface area contributed by atoms with Crippen LogP contribution < -0.4 is 5.32 Å². The summed E-state index contributed by atoms with van der Waals surface area (Å²) in [6.45, 7) is 3.92. The molecule has 2 heterocycles. The van der Waals surface area contributed by atoms with E-state index >= 15 is 0 Å². The van der Waals surface area contributed by atoms with Gasteiger partial charge < -0.3 is 10.1 Å². The van der Waals surface area contributed by atoms with Crippen molar-refractivity contribution < 1.29 is 4.74 Å². The summed E-state index contributed by atoms with van der Waals surface area (Å²) in [5.41, 5.74) is 0. The van der Waals surface area contributed by atoms with Crippen molar-refractivity contribution in [2.24, 2.45) is 5.92 Å². The summed E-state index contributed by atoms with van der Waals surface area (Å²) in [5.74, 6) is 0.721. The average molecular weight is 276 g/mol. The van der Waals surface area contributed by atoms with Crippen LogP contribution in [-0.4, -0.2) is 19.7 Å². The summed E-state index contributed by atoms with van der Waals surface area (Å²) >= 11 is 5.18. The number of nitrogens with one attached hydrogen (secondary N) is 1. The summed E-state index contributed by atoms with van der Waals surface area (Å²) in [6, 6.07) is 2.12. The molecule has 1 aromatic heterocycles. The van der Waals surface area contributed by atoms with Crippen LogP contribution in [0.5, 0.6) is 0 Å². The number of ether oxygens (including phenoxy) is 1. The van der Waals surface area contributed by atoms with E-state index in [-0.39, 0.29) is 0 Å². The van der Waals surface area contributed by atoms with Gasteiger partial charge in [0.25, 0.3) is 0 Å². The Morgan fingerprint density at radius 2 is 2.57 bits per heavy atom. The number of hydrogen-bond acceptors (Lipinski definition) is 3. The predicted octanol–water partition coefficient (Wildman–Crippen LogP) is 2.64. The largest absolute Gasteiger partial charge is 0.376 e. The molecule has 2 rings (SSSR count). The third-order valence-electron chi connectivity index (χ3n) is 2.38. The molecule has 1 aliphatic heterocycles. The lowest BCUT2D eigenvalue weighted by molar-refractivity contribution is 0.0943. The van der Waals surface area contributed by atoms with Crippen LogP contribution in [0.1, 0.15) is 11.3 Å². The third kappa shape index (κ3) is 3.05. The molecule has 14 heavy (non-hydrogen) atoms. The Hall–Kier alpha value is 0.1000. The Bertz CT molecular complexity index is 283. The van der Waals surface area contributed by atoms with Crippen molar-refractivity contribution in [3.05, 3.63) is 20.8 Å². The molecule has 1 aliphatic rings. The van der Waals surface area contributed by atoms with Crippen LogP contribution in [0.25, 0.3) is 0 Å². The molecule has 0 bridgehead atoms. The van der Waals surface area contributed by atoms with E-state index in [4.69, 9.17) is 4.74 Å². The molecule has 1 atom stereocenters. The quantitative estimate of drug-likeness (QED) is 0.912. The van der Waals surface area contributed by atoms with E-state index in [9.17, 15) is 0 Å². The maximum absolute atomic E-state index is 5.67. The van der Waals surface area contributed by atoms with Gasteiger partial charge in [0.1, 0.15) is 0 Å². The normalized spacial score (nSPS) is 21.6. The minimum absolute atomic E-state index is 0.721. The van der Waals surface area contributed by atoms with Crippen molar-refractivity contribution in [1.29, 1.82) is 0 Å². The van der Waals surface area contributed by atoms with Gasteiger partial charge in [-0.05, 0) is 40.9 Å². The highest BCUT2D eigenvalue weighted by atomic mass is 79.9. The van der Waals surface area contributed by atoms with Gasteiger partial charge in [0.05, 0.1) is 13.2 Å². The van der Waals surface area contributed by atoms with Crippen LogP contribution in [0.15, 0.2) is 15.9 Å². The molecule has 1 fully saturated rings. The molecule has 0 saturated carbocycles. The zero-order chi connectivity index (χ0) is 9.80. The Morgan fingerprint density at radius 1 is 1.64 bits per heavy atom. The minimum atomic E-state index is 0.721. The van der Waals surface area contributed by atoms with Crippen LogP contribution in [-0.2, 0) is 11.3 Å². The first-order valence-corrected chi connectivity index (χ1v) is 6.53. The molecule has 1 unspecified atom stereocenters. The molecule has 1 aromatic rings. The lowest BCUT2D eigenvalue weighted by Crippen LogP contribution is -2.13. The summed E-state index contributed by atoms with van der Waals surface area (Å²) in [6.07, 6.45) is 1.26. The van der Waals surface area contributed by atoms with Crippen LogP contribution in [0.3, 0.4) is 0 Å². The van der Waals surface area contributed by atoms with Gasteiger partial charge in [-0.25, -0.2) is 0 Å². The fourth-order valence-corrected chi connectivity index (χ4v) is 3.00. The van der Waals surface area contributed by atoms with Gasteiger partial charge in [0.2, 0.25) is 0 Å². The van der Waals surface area contributed by atoms with Crippen LogP contribution in [0.4, 0.5) is 0 Å². The minimum Gasteiger partial charge on any atom is -0.376 e. The highest BCUT2D eigenvalue weighted by Crippen LogP contribution is 2.20. The summed E-state index contributed by atoms with van der Waals surface area (Å²) in [5, 5.41) is 5.43. The second-order valence-corrected chi connectivity index (χ2v) is 5.52. The van der Waals surface area contributed by atoms with Gasteiger partial charge in [0.15, 0.2) is 0 Å². The Balaban J connectivity index is 1.67. The molecule has 1 saturated heterocycles. The van der Waals surface area contributed by atoms with Gasteiger partial charge in [0, 0.05) is 21.3 Å². The van der Waals surface area contributed by atoms with Gasteiger partial charge in [-0.3, -0.25) is 0 Å². The fraction of sp³-hybridized carbons (Fsp3) is 0.600. The van der Waals surface area contributed by atoms with Crippen molar-refractivity contribution in [3.63, 3.8) is 0 Å². The predicted molar refractivity (Wildman–Crippen MR) is 62.7 cm³/mol. The Labute approximate surface area is 96.8 Å². The molecular formula is C10H14BrNOS. The molecule has 0 radical (unpaired) electrons. The SMILES string of the molecule is Brc1csc(COCC2CCNC2)c1. The summed E-state index contributed by atoms with van der Waals surface area (Å²) in [7, 11) is 0. The Kier molecular flexibility index (Phi) is 3.99. The highest BCUT2D eigenvalue weighted by molar-refractivity contribution is 9.10. The fourth-order valence-electron chi connectivity index (χ4n) is 1.61.